The van der Waals surface area contributed by atoms with Gasteiger partial charge in [0.05, 0.1) is 18.8 Å². The minimum absolute atomic E-state index is 0.0903. The maximum Gasteiger partial charge on any atom is 0.323 e. The number of ether oxygens (including phenoxy) is 1. The number of urea groups is 1. The zero-order chi connectivity index (χ0) is 26.9. The molecule has 1 saturated heterocycles. The molecule has 2 aromatic rings. The number of benzene rings is 2. The van der Waals surface area contributed by atoms with Crippen LogP contribution in [0.3, 0.4) is 0 Å². The summed E-state index contributed by atoms with van der Waals surface area (Å²) in [7, 11) is 1.55. The Kier molecular flexibility index (Phi) is 9.91. The van der Waals surface area contributed by atoms with Crippen LogP contribution < -0.4 is 20.7 Å². The molecule has 37 heavy (non-hydrogen) atoms. The quantitative estimate of drug-likeness (QED) is 0.369. The van der Waals surface area contributed by atoms with Crippen LogP contribution in [0.15, 0.2) is 42.5 Å². The van der Waals surface area contributed by atoms with Crippen molar-refractivity contribution in [1.29, 1.82) is 0 Å². The van der Waals surface area contributed by atoms with Gasteiger partial charge in [0.25, 0.3) is 0 Å². The summed E-state index contributed by atoms with van der Waals surface area (Å²) in [6.45, 7) is 7.85. The van der Waals surface area contributed by atoms with E-state index >= 15 is 0 Å². The number of carbonyl (C=O) groups is 3. The molecule has 4 N–H and O–H groups in total. The molecule has 0 spiro atoms. The fourth-order valence-electron chi connectivity index (χ4n) is 4.96. The Morgan fingerprint density at radius 3 is 2.38 bits per heavy atom. The van der Waals surface area contributed by atoms with E-state index in [0.717, 1.165) is 49.3 Å². The zero-order valence-electron chi connectivity index (χ0n) is 22.0. The van der Waals surface area contributed by atoms with Crippen LogP contribution in [0.25, 0.3) is 0 Å². The van der Waals surface area contributed by atoms with Crippen molar-refractivity contribution in [2.45, 2.75) is 46.1 Å². The number of nitrogens with zero attached hydrogens (tertiary/aromatic N) is 1. The van der Waals surface area contributed by atoms with Crippen LogP contribution >= 0.6 is 0 Å². The number of carboxylic acids is 1. The van der Waals surface area contributed by atoms with Gasteiger partial charge in [-0.25, -0.2) is 4.79 Å². The van der Waals surface area contributed by atoms with Crippen LogP contribution in [-0.2, 0) is 9.59 Å². The van der Waals surface area contributed by atoms with Crippen molar-refractivity contribution in [3.63, 3.8) is 0 Å². The summed E-state index contributed by atoms with van der Waals surface area (Å²) in [5, 5.41) is 17.8. The van der Waals surface area contributed by atoms with Crippen molar-refractivity contribution in [3.8, 4) is 5.75 Å². The van der Waals surface area contributed by atoms with Crippen molar-refractivity contribution in [2.24, 2.45) is 11.8 Å². The van der Waals surface area contributed by atoms with E-state index in [1.807, 2.05) is 50.2 Å². The number of anilines is 2. The monoisotopic (exact) mass is 510 g/mol. The van der Waals surface area contributed by atoms with Crippen molar-refractivity contribution in [2.75, 3.05) is 37.4 Å². The van der Waals surface area contributed by atoms with Gasteiger partial charge in [-0.1, -0.05) is 31.2 Å². The highest BCUT2D eigenvalue weighted by atomic mass is 16.5. The van der Waals surface area contributed by atoms with Gasteiger partial charge in [0.2, 0.25) is 5.91 Å². The third-order valence-electron chi connectivity index (χ3n) is 6.78. The molecule has 0 saturated carbocycles. The number of aryl methyl sites for hydroxylation is 1. The Balaban J connectivity index is 1.69. The van der Waals surface area contributed by atoms with Crippen molar-refractivity contribution >= 4 is 29.3 Å². The van der Waals surface area contributed by atoms with Gasteiger partial charge in [-0.2, -0.15) is 0 Å². The minimum Gasteiger partial charge on any atom is -0.495 e. The van der Waals surface area contributed by atoms with Gasteiger partial charge in [0.1, 0.15) is 5.75 Å². The van der Waals surface area contributed by atoms with Crippen LogP contribution in [0.5, 0.6) is 5.75 Å². The van der Waals surface area contributed by atoms with Gasteiger partial charge in [-0.3, -0.25) is 9.59 Å². The molecule has 2 unspecified atom stereocenters. The molecule has 0 aliphatic carbocycles. The molecule has 3 amide bonds. The molecule has 0 aromatic heterocycles. The lowest BCUT2D eigenvalue weighted by molar-refractivity contribution is -0.138. The van der Waals surface area contributed by atoms with Crippen LogP contribution in [0.1, 0.15) is 50.3 Å². The molecule has 0 radical (unpaired) electrons. The number of rotatable bonds is 10. The maximum absolute atomic E-state index is 12.6. The first-order chi connectivity index (χ1) is 17.7. The Labute approximate surface area is 218 Å². The van der Waals surface area contributed by atoms with Crippen molar-refractivity contribution < 1.29 is 24.2 Å². The van der Waals surface area contributed by atoms with Gasteiger partial charge in [0.15, 0.2) is 0 Å². The van der Waals surface area contributed by atoms with Gasteiger partial charge in [-0.15, -0.1) is 0 Å². The molecule has 9 heteroatoms. The van der Waals surface area contributed by atoms with Crippen LogP contribution in [0.2, 0.25) is 0 Å². The molecule has 1 aliphatic heterocycles. The second kappa shape index (κ2) is 13.1. The molecular weight excluding hydrogens is 472 g/mol. The normalized spacial score (nSPS) is 15.9. The minimum atomic E-state index is -0.771. The number of amides is 3. The fourth-order valence-corrected chi connectivity index (χ4v) is 4.96. The first-order valence-corrected chi connectivity index (χ1v) is 12.7. The molecule has 9 nitrogen and oxygen atoms in total. The highest BCUT2D eigenvalue weighted by Crippen LogP contribution is 2.35. The Bertz CT molecular complexity index is 1100. The van der Waals surface area contributed by atoms with Crippen molar-refractivity contribution in [3.05, 3.63) is 53.6 Å². The largest absolute Gasteiger partial charge is 0.495 e. The Hall–Kier alpha value is -3.59. The molecule has 2 aromatic carbocycles. The average molecular weight is 511 g/mol. The number of hydrogen-bond donors (Lipinski definition) is 4. The highest BCUT2D eigenvalue weighted by Gasteiger charge is 2.29. The van der Waals surface area contributed by atoms with Gasteiger partial charge >= 0.3 is 12.0 Å². The topological polar surface area (TPSA) is 120 Å². The second-order valence-corrected chi connectivity index (χ2v) is 9.87. The summed E-state index contributed by atoms with van der Waals surface area (Å²) in [5.74, 6) is -0.0584. The number of para-hydroxylation sites is 1. The summed E-state index contributed by atoms with van der Waals surface area (Å²) >= 11 is 0. The second-order valence-electron chi connectivity index (χ2n) is 9.87. The number of carboxylic acid groups (broad SMARTS) is 1. The average Bonchev–Trinajstić information content (AvgIpc) is 2.84. The number of likely N-dealkylation sites (tertiary alicyclic amines) is 1. The lowest BCUT2D eigenvalue weighted by Crippen LogP contribution is -2.41. The van der Waals surface area contributed by atoms with Gasteiger partial charge in [-0.05, 0) is 74.0 Å². The molecule has 1 heterocycles. The van der Waals surface area contributed by atoms with Crippen LogP contribution in [-0.4, -0.2) is 54.7 Å². The summed E-state index contributed by atoms with van der Waals surface area (Å²) < 4.78 is 5.58. The van der Waals surface area contributed by atoms with E-state index in [2.05, 4.69) is 20.9 Å². The van der Waals surface area contributed by atoms with E-state index in [1.165, 1.54) is 6.92 Å². The van der Waals surface area contributed by atoms with E-state index in [-0.39, 0.29) is 36.2 Å². The van der Waals surface area contributed by atoms with Crippen molar-refractivity contribution in [1.82, 2.24) is 10.2 Å². The van der Waals surface area contributed by atoms with Gasteiger partial charge < -0.3 is 30.7 Å². The van der Waals surface area contributed by atoms with E-state index < -0.39 is 5.97 Å². The number of aliphatic carboxylic acids is 1. The summed E-state index contributed by atoms with van der Waals surface area (Å²) in [6, 6.07) is 12.5. The molecule has 1 fully saturated rings. The summed E-state index contributed by atoms with van der Waals surface area (Å²) in [6.07, 6.45) is 1.93. The van der Waals surface area contributed by atoms with E-state index in [9.17, 15) is 14.4 Å². The van der Waals surface area contributed by atoms with E-state index in [4.69, 9.17) is 9.84 Å². The number of hydrogen-bond acceptors (Lipinski definition) is 5. The number of carbonyl (C=O) groups excluding carboxylic acids is 2. The smallest absolute Gasteiger partial charge is 0.323 e. The lowest BCUT2D eigenvalue weighted by atomic mass is 9.84. The highest BCUT2D eigenvalue weighted by molar-refractivity contribution is 6.01. The summed E-state index contributed by atoms with van der Waals surface area (Å²) in [5.41, 5.74) is 3.13. The first-order valence-electron chi connectivity index (χ1n) is 12.7. The predicted octanol–water partition coefficient (Wildman–Crippen LogP) is 4.65. The number of methoxy groups -OCH3 is 1. The molecule has 0 bridgehead atoms. The lowest BCUT2D eigenvalue weighted by Gasteiger charge is -2.37. The molecule has 1 aliphatic rings. The van der Waals surface area contributed by atoms with E-state index in [1.54, 1.807) is 13.2 Å². The third-order valence-corrected chi connectivity index (χ3v) is 6.78. The van der Waals surface area contributed by atoms with Crippen LogP contribution in [0.4, 0.5) is 16.2 Å². The molecule has 2 atom stereocenters. The number of nitrogens with one attached hydrogen (secondary N) is 3. The third kappa shape index (κ3) is 8.21. The van der Waals surface area contributed by atoms with E-state index in [0.29, 0.717) is 11.4 Å². The van der Waals surface area contributed by atoms with Crippen LogP contribution in [0, 0.1) is 18.8 Å². The Morgan fingerprint density at radius 2 is 1.76 bits per heavy atom. The Morgan fingerprint density at radius 1 is 1.08 bits per heavy atom. The predicted molar refractivity (Wildman–Crippen MR) is 144 cm³/mol. The first kappa shape index (κ1) is 28.0. The number of piperidine rings is 1. The zero-order valence-corrected chi connectivity index (χ0v) is 22.0. The summed E-state index contributed by atoms with van der Waals surface area (Å²) in [4.78, 5) is 38.0. The molecular formula is C28H38N4O5. The standard InChI is InChI=1S/C28H38N4O5/c1-18(15-26(34)35)17-32-13-11-21(12-14-32)27(29-20(3)33)22-9-10-24(25(16-22)37-4)31-28(36)30-23-8-6-5-7-19(23)2/h5-10,16,18,21,27H,11-15,17H2,1-4H3,(H,29,33)(H,34,35)(H2,30,31,36). The SMILES string of the molecule is COc1cc(C(NC(C)=O)C2CCN(CC(C)CC(=O)O)CC2)ccc1NC(=O)Nc1ccccc1C. The maximum atomic E-state index is 12.6. The molecule has 3 rings (SSSR count). The molecule has 200 valence electrons. The fraction of sp³-hybridized carbons (Fsp3) is 0.464. The van der Waals surface area contributed by atoms with Gasteiger partial charge in [0, 0.05) is 25.6 Å².